The molecular weight excluding hydrogens is 344 g/mol. The lowest BCUT2D eigenvalue weighted by molar-refractivity contribution is -0.123. The van der Waals surface area contributed by atoms with Crippen LogP contribution in [0.3, 0.4) is 0 Å². The van der Waals surface area contributed by atoms with E-state index in [9.17, 15) is 14.4 Å². The van der Waals surface area contributed by atoms with Crippen molar-refractivity contribution >= 4 is 34.2 Å². The van der Waals surface area contributed by atoms with Gasteiger partial charge in [-0.15, -0.1) is 0 Å². The molecule has 0 fully saturated rings. The number of ether oxygens (including phenoxy) is 1. The van der Waals surface area contributed by atoms with Gasteiger partial charge in [-0.3, -0.25) is 9.59 Å². The van der Waals surface area contributed by atoms with Crippen molar-refractivity contribution in [2.45, 2.75) is 13.0 Å². The first kappa shape index (κ1) is 18.1. The zero-order valence-electron chi connectivity index (χ0n) is 14.6. The molecule has 136 valence electrons. The van der Waals surface area contributed by atoms with Gasteiger partial charge in [0.2, 0.25) is 5.91 Å². The zero-order chi connectivity index (χ0) is 19.4. The SMILES string of the molecule is C[C@@H](OC(=O)c1cccc2ccccc12)C(=O)Nc1ccc(C(N)=O)cc1. The van der Waals surface area contributed by atoms with Crippen LogP contribution >= 0.6 is 0 Å². The van der Waals surface area contributed by atoms with Crippen LogP contribution in [0.4, 0.5) is 5.69 Å². The summed E-state index contributed by atoms with van der Waals surface area (Å²) in [5, 5.41) is 4.31. The van der Waals surface area contributed by atoms with Crippen LogP contribution in [-0.2, 0) is 9.53 Å². The van der Waals surface area contributed by atoms with E-state index in [1.54, 1.807) is 24.3 Å². The molecule has 0 saturated carbocycles. The quantitative estimate of drug-likeness (QED) is 0.681. The molecule has 0 aliphatic rings. The predicted molar refractivity (Wildman–Crippen MR) is 102 cm³/mol. The number of benzene rings is 3. The second kappa shape index (κ2) is 7.70. The molecule has 0 heterocycles. The standard InChI is InChI=1S/C21H18N2O4/c1-13(20(25)23-16-11-9-15(10-12-16)19(22)24)27-21(26)18-8-4-6-14-5-2-3-7-17(14)18/h2-13H,1H3,(H2,22,24)(H,23,25)/t13-/m1/s1. The van der Waals surface area contributed by atoms with Gasteiger partial charge in [-0.1, -0.05) is 36.4 Å². The van der Waals surface area contributed by atoms with E-state index in [2.05, 4.69) is 5.32 Å². The molecule has 2 amide bonds. The number of nitrogens with one attached hydrogen (secondary N) is 1. The number of nitrogens with two attached hydrogens (primary N) is 1. The van der Waals surface area contributed by atoms with Crippen molar-refractivity contribution in [1.82, 2.24) is 0 Å². The van der Waals surface area contributed by atoms with Crippen molar-refractivity contribution in [3.63, 3.8) is 0 Å². The Bertz CT molecular complexity index is 1010. The van der Waals surface area contributed by atoms with E-state index in [4.69, 9.17) is 10.5 Å². The Morgan fingerprint density at radius 3 is 2.30 bits per heavy atom. The minimum Gasteiger partial charge on any atom is -0.449 e. The summed E-state index contributed by atoms with van der Waals surface area (Å²) in [4.78, 5) is 35.8. The van der Waals surface area contributed by atoms with Gasteiger partial charge in [0.05, 0.1) is 5.56 Å². The molecule has 0 aromatic heterocycles. The molecule has 3 aromatic carbocycles. The van der Waals surface area contributed by atoms with Crippen LogP contribution in [0.15, 0.2) is 66.7 Å². The van der Waals surface area contributed by atoms with Crippen molar-refractivity contribution in [1.29, 1.82) is 0 Å². The lowest BCUT2D eigenvalue weighted by Gasteiger charge is -2.14. The normalized spacial score (nSPS) is 11.6. The average Bonchev–Trinajstić information content (AvgIpc) is 2.67. The van der Waals surface area contributed by atoms with Crippen LogP contribution in [0.1, 0.15) is 27.6 Å². The summed E-state index contributed by atoms with van der Waals surface area (Å²) >= 11 is 0. The molecule has 3 rings (SSSR count). The third-order valence-electron chi connectivity index (χ3n) is 4.10. The molecule has 3 N–H and O–H groups in total. The Kier molecular flexibility index (Phi) is 5.17. The number of hydrogen-bond acceptors (Lipinski definition) is 4. The molecule has 0 saturated heterocycles. The van der Waals surface area contributed by atoms with Gasteiger partial charge in [0.25, 0.3) is 5.91 Å². The number of carbonyl (C=O) groups is 3. The zero-order valence-corrected chi connectivity index (χ0v) is 14.6. The van der Waals surface area contributed by atoms with Crippen LogP contribution in [0.25, 0.3) is 10.8 Å². The fraction of sp³-hybridized carbons (Fsp3) is 0.0952. The van der Waals surface area contributed by atoms with Gasteiger partial charge >= 0.3 is 5.97 Å². The Balaban J connectivity index is 1.68. The molecule has 27 heavy (non-hydrogen) atoms. The van der Waals surface area contributed by atoms with E-state index in [1.165, 1.54) is 19.1 Å². The first-order valence-corrected chi connectivity index (χ1v) is 8.35. The predicted octanol–water partition coefficient (Wildman–Crippen LogP) is 3.12. The second-order valence-corrected chi connectivity index (χ2v) is 6.01. The number of anilines is 1. The number of amides is 2. The van der Waals surface area contributed by atoms with Crippen molar-refractivity contribution in [2.24, 2.45) is 5.73 Å². The summed E-state index contributed by atoms with van der Waals surface area (Å²) in [5.74, 6) is -1.60. The topological polar surface area (TPSA) is 98.5 Å². The first-order valence-electron chi connectivity index (χ1n) is 8.35. The largest absolute Gasteiger partial charge is 0.449 e. The number of primary amides is 1. The minimum atomic E-state index is -0.993. The molecule has 1 atom stereocenters. The van der Waals surface area contributed by atoms with Crippen LogP contribution in [0, 0.1) is 0 Å². The highest BCUT2D eigenvalue weighted by Crippen LogP contribution is 2.20. The monoisotopic (exact) mass is 362 g/mol. The molecule has 0 aliphatic carbocycles. The Hall–Kier alpha value is -3.67. The minimum absolute atomic E-state index is 0.337. The van der Waals surface area contributed by atoms with E-state index in [1.807, 2.05) is 30.3 Å². The van der Waals surface area contributed by atoms with Gasteiger partial charge in [-0.05, 0) is 48.0 Å². The molecule has 0 bridgehead atoms. The highest BCUT2D eigenvalue weighted by atomic mass is 16.5. The van der Waals surface area contributed by atoms with Crippen molar-refractivity contribution in [2.75, 3.05) is 5.32 Å². The maximum atomic E-state index is 12.5. The molecule has 6 heteroatoms. The Morgan fingerprint density at radius 2 is 1.59 bits per heavy atom. The van der Waals surface area contributed by atoms with Crippen molar-refractivity contribution < 1.29 is 19.1 Å². The number of esters is 1. The number of hydrogen-bond donors (Lipinski definition) is 2. The van der Waals surface area contributed by atoms with E-state index >= 15 is 0 Å². The van der Waals surface area contributed by atoms with E-state index in [-0.39, 0.29) is 0 Å². The molecule has 0 radical (unpaired) electrons. The van der Waals surface area contributed by atoms with E-state index in [0.717, 1.165) is 10.8 Å². The van der Waals surface area contributed by atoms with Crippen LogP contribution in [0.2, 0.25) is 0 Å². The number of carbonyl (C=O) groups excluding carboxylic acids is 3. The van der Waals surface area contributed by atoms with Crippen LogP contribution in [-0.4, -0.2) is 23.9 Å². The summed E-state index contributed by atoms with van der Waals surface area (Å²) in [6.45, 7) is 1.50. The molecule has 0 spiro atoms. The molecule has 3 aromatic rings. The Labute approximate surface area is 155 Å². The van der Waals surface area contributed by atoms with Gasteiger partial charge < -0.3 is 15.8 Å². The maximum Gasteiger partial charge on any atom is 0.339 e. The summed E-state index contributed by atoms with van der Waals surface area (Å²) in [6.07, 6.45) is -0.993. The van der Waals surface area contributed by atoms with Crippen molar-refractivity contribution in [3.05, 3.63) is 77.9 Å². The van der Waals surface area contributed by atoms with Crippen LogP contribution in [0.5, 0.6) is 0 Å². The maximum absolute atomic E-state index is 12.5. The molecule has 0 unspecified atom stereocenters. The molecular formula is C21H18N2O4. The summed E-state index contributed by atoms with van der Waals surface area (Å²) in [5.41, 5.74) is 6.39. The highest BCUT2D eigenvalue weighted by molar-refractivity contribution is 6.05. The van der Waals surface area contributed by atoms with Gasteiger partial charge in [0.1, 0.15) is 0 Å². The van der Waals surface area contributed by atoms with Crippen LogP contribution < -0.4 is 11.1 Å². The first-order chi connectivity index (χ1) is 13.0. The third kappa shape index (κ3) is 4.12. The fourth-order valence-corrected chi connectivity index (χ4v) is 2.64. The van der Waals surface area contributed by atoms with Gasteiger partial charge in [-0.2, -0.15) is 0 Å². The highest BCUT2D eigenvalue weighted by Gasteiger charge is 2.20. The van der Waals surface area contributed by atoms with E-state index in [0.29, 0.717) is 16.8 Å². The van der Waals surface area contributed by atoms with Gasteiger partial charge in [-0.25, -0.2) is 4.79 Å². The lowest BCUT2D eigenvalue weighted by Crippen LogP contribution is -2.30. The molecule has 0 aliphatic heterocycles. The lowest BCUT2D eigenvalue weighted by atomic mass is 10.0. The van der Waals surface area contributed by atoms with Gasteiger partial charge in [0.15, 0.2) is 6.10 Å². The third-order valence-corrected chi connectivity index (χ3v) is 4.10. The number of fused-ring (bicyclic) bond motifs is 1. The molecule has 6 nitrogen and oxygen atoms in total. The smallest absolute Gasteiger partial charge is 0.339 e. The fourth-order valence-electron chi connectivity index (χ4n) is 2.64. The summed E-state index contributed by atoms with van der Waals surface area (Å²) in [6, 6.07) is 18.9. The van der Waals surface area contributed by atoms with Crippen molar-refractivity contribution in [3.8, 4) is 0 Å². The summed E-state index contributed by atoms with van der Waals surface area (Å²) < 4.78 is 5.32. The second-order valence-electron chi connectivity index (χ2n) is 6.01. The van der Waals surface area contributed by atoms with Gasteiger partial charge in [0, 0.05) is 11.3 Å². The number of rotatable bonds is 5. The summed E-state index contributed by atoms with van der Waals surface area (Å²) in [7, 11) is 0. The average molecular weight is 362 g/mol. The van der Waals surface area contributed by atoms with E-state index < -0.39 is 23.9 Å². The Morgan fingerprint density at radius 1 is 0.926 bits per heavy atom.